The molecule has 2 heterocycles. The molecule has 0 saturated carbocycles. The van der Waals surface area contributed by atoms with Crippen LogP contribution in [0.25, 0.3) is 6.08 Å². The lowest BCUT2D eigenvalue weighted by Crippen LogP contribution is -2.05. The minimum Gasteiger partial charge on any atom is -0.402 e. The Morgan fingerprint density at radius 1 is 1.35 bits per heavy atom. The fourth-order valence-electron chi connectivity index (χ4n) is 1.82. The number of halogens is 1. The summed E-state index contributed by atoms with van der Waals surface area (Å²) in [7, 11) is 0. The number of benzene rings is 1. The Labute approximate surface area is 128 Å². The van der Waals surface area contributed by atoms with Crippen LogP contribution >= 0.6 is 27.3 Å². The molecular formula is C15H10BrNO2S. The molecule has 1 aromatic heterocycles. The van der Waals surface area contributed by atoms with Crippen LogP contribution in [0.2, 0.25) is 0 Å². The van der Waals surface area contributed by atoms with Crippen molar-refractivity contribution in [1.29, 1.82) is 0 Å². The first kappa shape index (κ1) is 13.3. The van der Waals surface area contributed by atoms with E-state index >= 15 is 0 Å². The summed E-state index contributed by atoms with van der Waals surface area (Å²) in [4.78, 5) is 17.1. The van der Waals surface area contributed by atoms with Crippen LogP contribution in [-0.2, 0) is 9.53 Å². The Bertz CT molecular complexity index is 732. The first-order valence-electron chi connectivity index (χ1n) is 5.96. The standard InChI is InChI=1S/C15H10BrNO2S/c1-9-7-10(4-5-12(9)16)14-17-13(15(18)19-14)8-11-3-2-6-20-11/h2-8H,1H3/b13-8-. The van der Waals surface area contributed by atoms with Crippen LogP contribution in [0.4, 0.5) is 0 Å². The monoisotopic (exact) mass is 347 g/mol. The van der Waals surface area contributed by atoms with Crippen molar-refractivity contribution in [2.24, 2.45) is 4.99 Å². The zero-order valence-electron chi connectivity index (χ0n) is 10.6. The van der Waals surface area contributed by atoms with Gasteiger partial charge < -0.3 is 4.74 Å². The Balaban J connectivity index is 1.96. The number of thiophene rings is 1. The largest absolute Gasteiger partial charge is 0.402 e. The summed E-state index contributed by atoms with van der Waals surface area (Å²) in [6, 6.07) is 9.59. The number of carbonyl (C=O) groups is 1. The molecule has 20 heavy (non-hydrogen) atoms. The van der Waals surface area contributed by atoms with Gasteiger partial charge in [0.25, 0.3) is 0 Å². The molecule has 0 spiro atoms. The van der Waals surface area contributed by atoms with Crippen LogP contribution in [0.3, 0.4) is 0 Å². The molecule has 0 saturated heterocycles. The Kier molecular flexibility index (Phi) is 3.54. The first-order valence-corrected chi connectivity index (χ1v) is 7.63. The molecule has 0 aliphatic carbocycles. The molecule has 100 valence electrons. The number of cyclic esters (lactones) is 1. The smallest absolute Gasteiger partial charge is 0.363 e. The molecule has 1 aliphatic heterocycles. The lowest BCUT2D eigenvalue weighted by atomic mass is 10.1. The zero-order chi connectivity index (χ0) is 14.1. The van der Waals surface area contributed by atoms with E-state index in [2.05, 4.69) is 20.9 Å². The van der Waals surface area contributed by atoms with E-state index in [9.17, 15) is 4.79 Å². The van der Waals surface area contributed by atoms with E-state index in [0.717, 1.165) is 20.5 Å². The van der Waals surface area contributed by atoms with Crippen molar-refractivity contribution >= 4 is 45.2 Å². The van der Waals surface area contributed by atoms with Gasteiger partial charge in [-0.2, -0.15) is 0 Å². The fourth-order valence-corrected chi connectivity index (χ4v) is 2.72. The molecule has 3 nitrogen and oxygen atoms in total. The third-order valence-electron chi connectivity index (χ3n) is 2.85. The Morgan fingerprint density at radius 3 is 2.90 bits per heavy atom. The summed E-state index contributed by atoms with van der Waals surface area (Å²) < 4.78 is 6.25. The first-order chi connectivity index (χ1) is 9.63. The van der Waals surface area contributed by atoms with Gasteiger partial charge in [0, 0.05) is 14.9 Å². The topological polar surface area (TPSA) is 38.7 Å². The second kappa shape index (κ2) is 5.34. The quantitative estimate of drug-likeness (QED) is 0.604. The average Bonchev–Trinajstić information content (AvgIpc) is 3.04. The van der Waals surface area contributed by atoms with Gasteiger partial charge in [0.1, 0.15) is 0 Å². The number of aliphatic imine (C=N–C) groups is 1. The van der Waals surface area contributed by atoms with Crippen LogP contribution in [0.1, 0.15) is 16.0 Å². The highest BCUT2D eigenvalue weighted by Crippen LogP contribution is 2.23. The summed E-state index contributed by atoms with van der Waals surface area (Å²) in [6.45, 7) is 1.98. The van der Waals surface area contributed by atoms with Crippen LogP contribution in [0.5, 0.6) is 0 Å². The summed E-state index contributed by atoms with van der Waals surface area (Å²) in [5.41, 5.74) is 2.20. The van der Waals surface area contributed by atoms with E-state index in [1.54, 1.807) is 17.4 Å². The minimum atomic E-state index is -0.408. The SMILES string of the molecule is Cc1cc(C2=N/C(=C\c3cccs3)C(=O)O2)ccc1Br. The molecule has 0 bridgehead atoms. The zero-order valence-corrected chi connectivity index (χ0v) is 13.0. The summed E-state index contributed by atoms with van der Waals surface area (Å²) >= 11 is 5.00. The molecule has 2 aromatic rings. The van der Waals surface area contributed by atoms with Crippen molar-refractivity contribution in [3.05, 3.63) is 61.9 Å². The fraction of sp³-hybridized carbons (Fsp3) is 0.0667. The number of ether oxygens (including phenoxy) is 1. The normalized spacial score (nSPS) is 16.4. The molecule has 5 heteroatoms. The molecule has 0 atom stereocenters. The molecule has 0 amide bonds. The van der Waals surface area contributed by atoms with Gasteiger partial charge >= 0.3 is 5.97 Å². The molecule has 1 aliphatic rings. The molecule has 0 fully saturated rings. The van der Waals surface area contributed by atoms with Gasteiger partial charge in [-0.1, -0.05) is 22.0 Å². The molecule has 0 N–H and O–H groups in total. The number of carbonyl (C=O) groups excluding carboxylic acids is 1. The van der Waals surface area contributed by atoms with Crippen LogP contribution in [0.15, 0.2) is 50.9 Å². The van der Waals surface area contributed by atoms with E-state index in [4.69, 9.17) is 4.74 Å². The van der Waals surface area contributed by atoms with Crippen molar-refractivity contribution in [2.75, 3.05) is 0 Å². The lowest BCUT2D eigenvalue weighted by Gasteiger charge is -2.02. The molecule has 0 unspecified atom stereocenters. The highest BCUT2D eigenvalue weighted by molar-refractivity contribution is 9.10. The highest BCUT2D eigenvalue weighted by atomic mass is 79.9. The van der Waals surface area contributed by atoms with Gasteiger partial charge in [0.05, 0.1) is 0 Å². The van der Waals surface area contributed by atoms with Gasteiger partial charge in [0.15, 0.2) is 5.70 Å². The van der Waals surface area contributed by atoms with Crippen molar-refractivity contribution in [2.45, 2.75) is 6.92 Å². The number of hydrogen-bond acceptors (Lipinski definition) is 4. The second-order valence-electron chi connectivity index (χ2n) is 4.32. The number of rotatable bonds is 2. The number of hydrogen-bond donors (Lipinski definition) is 0. The van der Waals surface area contributed by atoms with Gasteiger partial charge in [-0.3, -0.25) is 0 Å². The number of nitrogens with zero attached hydrogens (tertiary/aromatic N) is 1. The maximum atomic E-state index is 11.8. The third-order valence-corrected chi connectivity index (χ3v) is 4.56. The summed E-state index contributed by atoms with van der Waals surface area (Å²) in [5.74, 6) is -0.0534. The Hall–Kier alpha value is -1.72. The van der Waals surface area contributed by atoms with Crippen molar-refractivity contribution in [3.63, 3.8) is 0 Å². The van der Waals surface area contributed by atoms with Crippen LogP contribution < -0.4 is 0 Å². The van der Waals surface area contributed by atoms with Gasteiger partial charge in [-0.25, -0.2) is 9.79 Å². The van der Waals surface area contributed by atoms with Crippen molar-refractivity contribution in [1.82, 2.24) is 0 Å². The maximum absolute atomic E-state index is 11.8. The Morgan fingerprint density at radius 2 is 2.20 bits per heavy atom. The predicted octanol–water partition coefficient (Wildman–Crippen LogP) is 4.16. The number of esters is 1. The number of aryl methyl sites for hydroxylation is 1. The predicted molar refractivity (Wildman–Crippen MR) is 83.8 cm³/mol. The van der Waals surface area contributed by atoms with Crippen LogP contribution in [0, 0.1) is 6.92 Å². The summed E-state index contributed by atoms with van der Waals surface area (Å²) in [6.07, 6.45) is 1.74. The molecule has 1 aromatic carbocycles. The van der Waals surface area contributed by atoms with E-state index in [1.807, 2.05) is 42.6 Å². The van der Waals surface area contributed by atoms with Crippen molar-refractivity contribution < 1.29 is 9.53 Å². The maximum Gasteiger partial charge on any atom is 0.363 e. The van der Waals surface area contributed by atoms with E-state index in [1.165, 1.54) is 0 Å². The van der Waals surface area contributed by atoms with Gasteiger partial charge in [-0.05, 0) is 48.2 Å². The second-order valence-corrected chi connectivity index (χ2v) is 6.15. The van der Waals surface area contributed by atoms with Crippen molar-refractivity contribution in [3.8, 4) is 0 Å². The van der Waals surface area contributed by atoms with Gasteiger partial charge in [0.2, 0.25) is 5.90 Å². The van der Waals surface area contributed by atoms with Gasteiger partial charge in [-0.15, -0.1) is 11.3 Å². The van der Waals surface area contributed by atoms with Crippen LogP contribution in [-0.4, -0.2) is 11.9 Å². The highest BCUT2D eigenvalue weighted by Gasteiger charge is 2.24. The van der Waals surface area contributed by atoms with E-state index in [0.29, 0.717) is 11.6 Å². The van der Waals surface area contributed by atoms with E-state index < -0.39 is 5.97 Å². The average molecular weight is 348 g/mol. The van der Waals surface area contributed by atoms with E-state index in [-0.39, 0.29) is 0 Å². The lowest BCUT2D eigenvalue weighted by molar-refractivity contribution is -0.129. The molecular weight excluding hydrogens is 338 g/mol. The summed E-state index contributed by atoms with van der Waals surface area (Å²) in [5, 5.41) is 1.95. The molecule has 0 radical (unpaired) electrons. The third kappa shape index (κ3) is 2.59. The molecule has 3 rings (SSSR count). The minimum absolute atomic E-state index is 0.336.